The number of phosphoric ester groups is 1. The second-order valence-corrected chi connectivity index (χ2v) is 5.11. The molecule has 6 nitrogen and oxygen atoms in total. The summed E-state index contributed by atoms with van der Waals surface area (Å²) in [5, 5.41) is 0. The zero-order valence-electron chi connectivity index (χ0n) is 10.6. The van der Waals surface area contributed by atoms with Crippen LogP contribution in [0.3, 0.4) is 0 Å². The minimum absolute atomic E-state index is 0.00383. The molecule has 0 amide bonds. The molecule has 1 rings (SSSR count). The molecule has 0 fully saturated rings. The lowest BCUT2D eigenvalue weighted by Gasteiger charge is -2.07. The summed E-state index contributed by atoms with van der Waals surface area (Å²) in [7, 11) is -4.57. The third kappa shape index (κ3) is 6.38. The Bertz CT molecular complexity index is 450. The van der Waals surface area contributed by atoms with Crippen LogP contribution >= 0.6 is 7.82 Å². The molecule has 0 atom stereocenters. The molecular weight excluding hydrogens is 271 g/mol. The van der Waals surface area contributed by atoms with E-state index >= 15 is 0 Å². The van der Waals surface area contributed by atoms with Crippen molar-refractivity contribution < 1.29 is 28.4 Å². The van der Waals surface area contributed by atoms with E-state index in [1.165, 1.54) is 24.3 Å². The molecule has 0 spiro atoms. The van der Waals surface area contributed by atoms with Crippen molar-refractivity contribution in [2.24, 2.45) is 0 Å². The molecule has 0 aliphatic carbocycles. The number of benzene rings is 1. The second kappa shape index (κ2) is 7.28. The van der Waals surface area contributed by atoms with Crippen molar-refractivity contribution in [3.8, 4) is 5.75 Å². The largest absolute Gasteiger partial charge is 0.524 e. The molecule has 0 radical (unpaired) electrons. The Morgan fingerprint density at radius 3 is 2.37 bits per heavy atom. The Kier molecular flexibility index (Phi) is 6.02. The fourth-order valence-corrected chi connectivity index (χ4v) is 1.79. The SMILES string of the molecule is CCCCCOC(=O)c1ccc(OP(=O)(O)O)cc1. The third-order valence-corrected chi connectivity index (χ3v) is 2.74. The Labute approximate surface area is 111 Å². The Morgan fingerprint density at radius 2 is 1.84 bits per heavy atom. The van der Waals surface area contributed by atoms with Gasteiger partial charge in [0, 0.05) is 0 Å². The molecular formula is C12H17O6P. The van der Waals surface area contributed by atoms with E-state index in [2.05, 4.69) is 11.4 Å². The summed E-state index contributed by atoms with van der Waals surface area (Å²) in [5.74, 6) is -0.463. The van der Waals surface area contributed by atoms with Crippen molar-refractivity contribution >= 4 is 13.8 Å². The van der Waals surface area contributed by atoms with Gasteiger partial charge in [-0.15, -0.1) is 0 Å². The van der Waals surface area contributed by atoms with Gasteiger partial charge >= 0.3 is 13.8 Å². The highest BCUT2D eigenvalue weighted by Crippen LogP contribution is 2.37. The van der Waals surface area contributed by atoms with Crippen LogP contribution in [0, 0.1) is 0 Å². The summed E-state index contributed by atoms with van der Waals surface area (Å²) in [5.41, 5.74) is 0.314. The summed E-state index contributed by atoms with van der Waals surface area (Å²) in [6.45, 7) is 2.43. The molecule has 0 aromatic heterocycles. The number of carbonyl (C=O) groups excluding carboxylic acids is 1. The Balaban J connectivity index is 2.51. The molecule has 7 heteroatoms. The number of ether oxygens (including phenoxy) is 1. The highest BCUT2D eigenvalue weighted by molar-refractivity contribution is 7.46. The van der Waals surface area contributed by atoms with E-state index in [1.807, 2.05) is 0 Å². The van der Waals surface area contributed by atoms with Gasteiger partial charge in [-0.3, -0.25) is 9.79 Å². The van der Waals surface area contributed by atoms with Crippen LogP contribution in [-0.2, 0) is 9.30 Å². The van der Waals surface area contributed by atoms with E-state index in [0.29, 0.717) is 12.2 Å². The van der Waals surface area contributed by atoms with Crippen molar-refractivity contribution in [1.82, 2.24) is 0 Å². The fraction of sp³-hybridized carbons (Fsp3) is 0.417. The average molecular weight is 288 g/mol. The fourth-order valence-electron chi connectivity index (χ4n) is 1.39. The number of hydrogen-bond acceptors (Lipinski definition) is 4. The minimum atomic E-state index is -4.57. The number of carbonyl (C=O) groups is 1. The quantitative estimate of drug-likeness (QED) is 0.455. The Morgan fingerprint density at radius 1 is 1.21 bits per heavy atom. The molecule has 0 saturated carbocycles. The second-order valence-electron chi connectivity index (χ2n) is 3.95. The van der Waals surface area contributed by atoms with Crippen LogP contribution in [0.5, 0.6) is 5.75 Å². The summed E-state index contributed by atoms with van der Waals surface area (Å²) >= 11 is 0. The Hall–Kier alpha value is -1.36. The third-order valence-electron chi connectivity index (χ3n) is 2.30. The summed E-state index contributed by atoms with van der Waals surface area (Å²) in [6, 6.07) is 5.41. The molecule has 0 unspecified atom stereocenters. The zero-order valence-corrected chi connectivity index (χ0v) is 11.5. The van der Waals surface area contributed by atoms with Crippen LogP contribution in [0.2, 0.25) is 0 Å². The number of hydrogen-bond donors (Lipinski definition) is 2. The summed E-state index contributed by atoms with van der Waals surface area (Å²) < 4.78 is 20.0. The monoisotopic (exact) mass is 288 g/mol. The molecule has 0 saturated heterocycles. The van der Waals surface area contributed by atoms with Crippen LogP contribution in [0.15, 0.2) is 24.3 Å². The highest BCUT2D eigenvalue weighted by atomic mass is 31.2. The van der Waals surface area contributed by atoms with Gasteiger partial charge in [0.25, 0.3) is 0 Å². The van der Waals surface area contributed by atoms with Gasteiger partial charge in [0.2, 0.25) is 0 Å². The van der Waals surface area contributed by atoms with Crippen LogP contribution in [0.25, 0.3) is 0 Å². The number of unbranched alkanes of at least 4 members (excludes halogenated alkanes) is 2. The molecule has 1 aromatic carbocycles. The van der Waals surface area contributed by atoms with Crippen LogP contribution < -0.4 is 4.52 Å². The molecule has 0 aliphatic rings. The number of rotatable bonds is 7. The predicted molar refractivity (Wildman–Crippen MR) is 68.9 cm³/mol. The molecule has 106 valence electrons. The van der Waals surface area contributed by atoms with E-state index in [4.69, 9.17) is 14.5 Å². The van der Waals surface area contributed by atoms with Gasteiger partial charge in [0.05, 0.1) is 12.2 Å². The van der Waals surface area contributed by atoms with Crippen LogP contribution in [0.4, 0.5) is 0 Å². The lowest BCUT2D eigenvalue weighted by atomic mass is 10.2. The van der Waals surface area contributed by atoms with E-state index in [9.17, 15) is 9.36 Å². The van der Waals surface area contributed by atoms with E-state index in [0.717, 1.165) is 19.3 Å². The lowest BCUT2D eigenvalue weighted by Crippen LogP contribution is -2.06. The molecule has 19 heavy (non-hydrogen) atoms. The van der Waals surface area contributed by atoms with Gasteiger partial charge in [-0.25, -0.2) is 9.36 Å². The molecule has 0 bridgehead atoms. The summed E-state index contributed by atoms with van der Waals surface area (Å²) in [6.07, 6.45) is 2.87. The topological polar surface area (TPSA) is 93.1 Å². The lowest BCUT2D eigenvalue weighted by molar-refractivity contribution is 0.0498. The first-order valence-corrected chi connectivity index (χ1v) is 7.47. The standard InChI is InChI=1S/C12H17O6P/c1-2-3-4-9-17-12(13)10-5-7-11(8-6-10)18-19(14,15)16/h5-8H,2-4,9H2,1H3,(H2,14,15,16). The molecule has 0 heterocycles. The number of esters is 1. The van der Waals surface area contributed by atoms with Crippen molar-refractivity contribution in [3.05, 3.63) is 29.8 Å². The maximum absolute atomic E-state index is 11.6. The first-order valence-electron chi connectivity index (χ1n) is 5.94. The first-order chi connectivity index (χ1) is 8.92. The highest BCUT2D eigenvalue weighted by Gasteiger charge is 2.16. The van der Waals surface area contributed by atoms with Crippen molar-refractivity contribution in [1.29, 1.82) is 0 Å². The van der Waals surface area contributed by atoms with Crippen LogP contribution in [0.1, 0.15) is 36.5 Å². The average Bonchev–Trinajstić information content (AvgIpc) is 2.33. The minimum Gasteiger partial charge on any atom is -0.462 e. The van der Waals surface area contributed by atoms with E-state index < -0.39 is 13.8 Å². The van der Waals surface area contributed by atoms with Gasteiger partial charge in [-0.1, -0.05) is 19.8 Å². The zero-order chi connectivity index (χ0) is 14.3. The molecule has 2 N–H and O–H groups in total. The van der Waals surface area contributed by atoms with Crippen LogP contribution in [-0.4, -0.2) is 22.4 Å². The van der Waals surface area contributed by atoms with Gasteiger partial charge < -0.3 is 9.26 Å². The van der Waals surface area contributed by atoms with Gasteiger partial charge in [0.15, 0.2) is 0 Å². The predicted octanol–water partition coefficient (Wildman–Crippen LogP) is 2.51. The normalized spacial score (nSPS) is 11.1. The first kappa shape index (κ1) is 15.7. The molecule has 1 aromatic rings. The maximum Gasteiger partial charge on any atom is 0.524 e. The van der Waals surface area contributed by atoms with Crippen molar-refractivity contribution in [2.75, 3.05) is 6.61 Å². The van der Waals surface area contributed by atoms with Gasteiger partial charge in [0.1, 0.15) is 5.75 Å². The van der Waals surface area contributed by atoms with Gasteiger partial charge in [-0.05, 0) is 30.7 Å². The van der Waals surface area contributed by atoms with E-state index in [1.54, 1.807) is 0 Å². The van der Waals surface area contributed by atoms with Crippen molar-refractivity contribution in [3.63, 3.8) is 0 Å². The van der Waals surface area contributed by atoms with Crippen molar-refractivity contribution in [2.45, 2.75) is 26.2 Å². The maximum atomic E-state index is 11.6. The molecule has 0 aliphatic heterocycles. The smallest absolute Gasteiger partial charge is 0.462 e. The van der Waals surface area contributed by atoms with E-state index in [-0.39, 0.29) is 5.75 Å². The summed E-state index contributed by atoms with van der Waals surface area (Å²) in [4.78, 5) is 28.8. The van der Waals surface area contributed by atoms with Gasteiger partial charge in [-0.2, -0.15) is 0 Å². The number of phosphoric acid groups is 1.